The first-order chi connectivity index (χ1) is 10.4. The Hall–Kier alpha value is -1.38. The van der Waals surface area contributed by atoms with Crippen LogP contribution in [0, 0.1) is 0 Å². The molecular formula is C19H25NO. The Morgan fingerprint density at radius 1 is 1.19 bits per heavy atom. The minimum atomic E-state index is 0.371. The molecule has 2 nitrogen and oxygen atoms in total. The van der Waals surface area contributed by atoms with Crippen LogP contribution in [0.4, 0.5) is 0 Å². The van der Waals surface area contributed by atoms with Crippen molar-refractivity contribution in [1.29, 1.82) is 0 Å². The maximum atomic E-state index is 5.93. The van der Waals surface area contributed by atoms with Crippen LogP contribution < -0.4 is 5.32 Å². The first-order valence-corrected chi connectivity index (χ1v) is 8.20. The van der Waals surface area contributed by atoms with E-state index in [1.165, 1.54) is 35.6 Å². The van der Waals surface area contributed by atoms with Gasteiger partial charge in [0.25, 0.3) is 0 Å². The van der Waals surface area contributed by atoms with E-state index in [1.807, 2.05) is 0 Å². The standard InChI is InChI=1S/C19H25NO/c1-2-12-20-18(19-11-6-13-21-19)14-16-9-5-8-15-7-3-4-10-17(15)16/h3-5,7-10,18-20H,2,6,11-14H2,1H3. The van der Waals surface area contributed by atoms with Gasteiger partial charge >= 0.3 is 0 Å². The lowest BCUT2D eigenvalue weighted by Gasteiger charge is -2.25. The summed E-state index contributed by atoms with van der Waals surface area (Å²) in [7, 11) is 0. The molecule has 0 spiro atoms. The number of benzene rings is 2. The second kappa shape index (κ2) is 7.06. The van der Waals surface area contributed by atoms with Gasteiger partial charge in [0.1, 0.15) is 0 Å². The van der Waals surface area contributed by atoms with E-state index in [9.17, 15) is 0 Å². The lowest BCUT2D eigenvalue weighted by molar-refractivity contribution is 0.0785. The summed E-state index contributed by atoms with van der Waals surface area (Å²) in [5.41, 5.74) is 1.43. The van der Waals surface area contributed by atoms with Gasteiger partial charge in [-0.3, -0.25) is 0 Å². The van der Waals surface area contributed by atoms with Gasteiger partial charge in [-0.05, 0) is 48.6 Å². The van der Waals surface area contributed by atoms with Gasteiger partial charge in [0, 0.05) is 12.6 Å². The third-order valence-corrected chi connectivity index (χ3v) is 4.39. The van der Waals surface area contributed by atoms with Crippen molar-refractivity contribution < 1.29 is 4.74 Å². The Labute approximate surface area is 127 Å². The Kier molecular flexibility index (Phi) is 4.89. The molecule has 2 aromatic carbocycles. The molecule has 0 radical (unpaired) electrons. The van der Waals surface area contributed by atoms with Crippen LogP contribution in [0.2, 0.25) is 0 Å². The minimum absolute atomic E-state index is 0.371. The number of nitrogens with one attached hydrogen (secondary N) is 1. The molecule has 2 aromatic rings. The van der Waals surface area contributed by atoms with E-state index in [2.05, 4.69) is 54.7 Å². The highest BCUT2D eigenvalue weighted by molar-refractivity contribution is 5.85. The summed E-state index contributed by atoms with van der Waals surface area (Å²) >= 11 is 0. The molecule has 2 heteroatoms. The van der Waals surface area contributed by atoms with Crippen LogP contribution in [0.5, 0.6) is 0 Å². The highest BCUT2D eigenvalue weighted by Crippen LogP contribution is 2.23. The van der Waals surface area contributed by atoms with Gasteiger partial charge in [-0.2, -0.15) is 0 Å². The topological polar surface area (TPSA) is 21.3 Å². The molecule has 0 aromatic heterocycles. The van der Waals surface area contributed by atoms with E-state index in [1.54, 1.807) is 0 Å². The average Bonchev–Trinajstić information content (AvgIpc) is 3.06. The van der Waals surface area contributed by atoms with E-state index in [4.69, 9.17) is 4.74 Å². The third kappa shape index (κ3) is 3.45. The quantitative estimate of drug-likeness (QED) is 0.867. The fourth-order valence-electron chi connectivity index (χ4n) is 3.29. The van der Waals surface area contributed by atoms with Gasteiger partial charge in [0.2, 0.25) is 0 Å². The van der Waals surface area contributed by atoms with E-state index >= 15 is 0 Å². The first-order valence-electron chi connectivity index (χ1n) is 8.20. The minimum Gasteiger partial charge on any atom is -0.377 e. The molecule has 112 valence electrons. The smallest absolute Gasteiger partial charge is 0.0732 e. The predicted molar refractivity (Wildman–Crippen MR) is 88.7 cm³/mol. The van der Waals surface area contributed by atoms with Crippen LogP contribution >= 0.6 is 0 Å². The highest BCUT2D eigenvalue weighted by atomic mass is 16.5. The number of rotatable bonds is 6. The highest BCUT2D eigenvalue weighted by Gasteiger charge is 2.25. The van der Waals surface area contributed by atoms with Crippen molar-refractivity contribution in [3.8, 4) is 0 Å². The summed E-state index contributed by atoms with van der Waals surface area (Å²) in [5.74, 6) is 0. The van der Waals surface area contributed by atoms with Gasteiger partial charge in [-0.1, -0.05) is 49.4 Å². The molecule has 1 aliphatic heterocycles. The Balaban J connectivity index is 1.82. The molecule has 2 unspecified atom stereocenters. The van der Waals surface area contributed by atoms with Gasteiger partial charge in [-0.25, -0.2) is 0 Å². The van der Waals surface area contributed by atoms with Gasteiger partial charge in [-0.15, -0.1) is 0 Å². The van der Waals surface area contributed by atoms with Gasteiger partial charge < -0.3 is 10.1 Å². The summed E-state index contributed by atoms with van der Waals surface area (Å²) in [6, 6.07) is 15.7. The molecule has 1 fully saturated rings. The van der Waals surface area contributed by atoms with Crippen molar-refractivity contribution in [3.63, 3.8) is 0 Å². The zero-order valence-electron chi connectivity index (χ0n) is 12.8. The zero-order valence-corrected chi connectivity index (χ0v) is 12.8. The lowest BCUT2D eigenvalue weighted by Crippen LogP contribution is -2.41. The third-order valence-electron chi connectivity index (χ3n) is 4.39. The van der Waals surface area contributed by atoms with Crippen molar-refractivity contribution in [2.75, 3.05) is 13.2 Å². The first kappa shape index (κ1) is 14.6. The van der Waals surface area contributed by atoms with E-state index in [-0.39, 0.29) is 0 Å². The molecule has 1 saturated heterocycles. The molecule has 21 heavy (non-hydrogen) atoms. The maximum Gasteiger partial charge on any atom is 0.0732 e. The van der Waals surface area contributed by atoms with Crippen LogP contribution in [0.25, 0.3) is 10.8 Å². The molecule has 0 bridgehead atoms. The number of ether oxygens (including phenoxy) is 1. The van der Waals surface area contributed by atoms with Crippen molar-refractivity contribution in [1.82, 2.24) is 5.32 Å². The van der Waals surface area contributed by atoms with Crippen LogP contribution in [0.1, 0.15) is 31.7 Å². The number of fused-ring (bicyclic) bond motifs is 1. The summed E-state index contributed by atoms with van der Waals surface area (Å²) < 4.78 is 5.93. The summed E-state index contributed by atoms with van der Waals surface area (Å²) in [5, 5.41) is 6.41. The summed E-state index contributed by atoms with van der Waals surface area (Å²) in [6.45, 7) is 4.21. The van der Waals surface area contributed by atoms with Crippen LogP contribution in [0.3, 0.4) is 0 Å². The van der Waals surface area contributed by atoms with Crippen molar-refractivity contribution in [3.05, 3.63) is 48.0 Å². The van der Waals surface area contributed by atoms with Crippen molar-refractivity contribution in [2.24, 2.45) is 0 Å². The van der Waals surface area contributed by atoms with E-state index in [0.717, 1.165) is 19.6 Å². The monoisotopic (exact) mass is 283 g/mol. The molecular weight excluding hydrogens is 258 g/mol. The van der Waals surface area contributed by atoms with E-state index < -0.39 is 0 Å². The zero-order chi connectivity index (χ0) is 14.5. The summed E-state index contributed by atoms with van der Waals surface area (Å²) in [4.78, 5) is 0. The predicted octanol–water partition coefficient (Wildman–Crippen LogP) is 3.93. The molecule has 1 N–H and O–H groups in total. The normalized spacial score (nSPS) is 20.0. The average molecular weight is 283 g/mol. The fraction of sp³-hybridized carbons (Fsp3) is 0.474. The molecule has 0 saturated carbocycles. The molecule has 1 heterocycles. The van der Waals surface area contributed by atoms with Gasteiger partial charge in [0.05, 0.1) is 6.10 Å². The Morgan fingerprint density at radius 3 is 2.86 bits per heavy atom. The maximum absolute atomic E-state index is 5.93. The SMILES string of the molecule is CCCNC(Cc1cccc2ccccc12)C1CCCO1. The molecule has 3 rings (SSSR count). The van der Waals surface area contributed by atoms with Crippen molar-refractivity contribution in [2.45, 2.75) is 44.8 Å². The Bertz CT molecular complexity index is 569. The second-order valence-corrected chi connectivity index (χ2v) is 5.95. The molecule has 0 aliphatic carbocycles. The van der Waals surface area contributed by atoms with Crippen LogP contribution in [-0.4, -0.2) is 25.3 Å². The fourth-order valence-corrected chi connectivity index (χ4v) is 3.29. The molecule has 0 amide bonds. The van der Waals surface area contributed by atoms with E-state index in [0.29, 0.717) is 12.1 Å². The molecule has 1 aliphatic rings. The molecule has 2 atom stereocenters. The number of hydrogen-bond donors (Lipinski definition) is 1. The lowest BCUT2D eigenvalue weighted by atomic mass is 9.95. The van der Waals surface area contributed by atoms with Gasteiger partial charge in [0.15, 0.2) is 0 Å². The van der Waals surface area contributed by atoms with Crippen LogP contribution in [-0.2, 0) is 11.2 Å². The van der Waals surface area contributed by atoms with Crippen LogP contribution in [0.15, 0.2) is 42.5 Å². The Morgan fingerprint density at radius 2 is 2.05 bits per heavy atom. The largest absolute Gasteiger partial charge is 0.377 e. The van der Waals surface area contributed by atoms with Crippen molar-refractivity contribution >= 4 is 10.8 Å². The number of hydrogen-bond acceptors (Lipinski definition) is 2. The second-order valence-electron chi connectivity index (χ2n) is 5.95. The summed E-state index contributed by atoms with van der Waals surface area (Å²) in [6.07, 6.45) is 4.97.